The summed E-state index contributed by atoms with van der Waals surface area (Å²) >= 11 is 0. The molecule has 0 aliphatic rings. The quantitative estimate of drug-likeness (QED) is 0.763. The average Bonchev–Trinajstić information content (AvgIpc) is 2.22. The molecule has 0 saturated carbocycles. The molecule has 0 aliphatic heterocycles. The fourth-order valence-electron chi connectivity index (χ4n) is 1.10. The van der Waals surface area contributed by atoms with E-state index in [4.69, 9.17) is 9.47 Å². The molecular weight excluding hydrogens is 260 g/mol. The maximum absolute atomic E-state index is 11.3. The van der Waals surface area contributed by atoms with Crippen LogP contribution in [-0.4, -0.2) is 37.5 Å². The lowest BCUT2D eigenvalue weighted by Gasteiger charge is -2.20. The van der Waals surface area contributed by atoms with Crippen molar-refractivity contribution in [1.82, 2.24) is 10.6 Å². The van der Waals surface area contributed by atoms with Gasteiger partial charge in [-0.1, -0.05) is 20.8 Å². The van der Waals surface area contributed by atoms with E-state index in [9.17, 15) is 9.59 Å². The lowest BCUT2D eigenvalue weighted by molar-refractivity contribution is 0.105. The van der Waals surface area contributed by atoms with Gasteiger partial charge in [-0.25, -0.2) is 9.59 Å². The van der Waals surface area contributed by atoms with Crippen molar-refractivity contribution < 1.29 is 19.1 Å². The molecule has 0 aliphatic carbocycles. The SMILES string of the molecule is CC(C)(C)COC(=O)NCCCOC(=O)NC(C)(C)C. The molecule has 0 radical (unpaired) electrons. The van der Waals surface area contributed by atoms with Gasteiger partial charge in [-0.05, 0) is 32.6 Å². The Morgan fingerprint density at radius 1 is 0.950 bits per heavy atom. The van der Waals surface area contributed by atoms with E-state index in [0.717, 1.165) is 0 Å². The first-order valence-electron chi connectivity index (χ1n) is 6.85. The summed E-state index contributed by atoms with van der Waals surface area (Å²) in [5.41, 5.74) is -0.364. The molecule has 0 heterocycles. The summed E-state index contributed by atoms with van der Waals surface area (Å²) in [5.74, 6) is 0. The fourth-order valence-corrected chi connectivity index (χ4v) is 1.10. The molecule has 0 unspecified atom stereocenters. The number of nitrogens with one attached hydrogen (secondary N) is 2. The molecule has 0 aromatic heterocycles. The summed E-state index contributed by atoms with van der Waals surface area (Å²) in [7, 11) is 0. The van der Waals surface area contributed by atoms with E-state index in [1.165, 1.54) is 0 Å². The lowest BCUT2D eigenvalue weighted by Crippen LogP contribution is -2.41. The second-order valence-electron chi connectivity index (χ2n) is 6.93. The number of carbonyl (C=O) groups excluding carboxylic acids is 2. The van der Waals surface area contributed by atoms with Crippen LogP contribution in [0.4, 0.5) is 9.59 Å². The zero-order valence-corrected chi connectivity index (χ0v) is 13.5. The monoisotopic (exact) mass is 288 g/mol. The Hall–Kier alpha value is -1.46. The van der Waals surface area contributed by atoms with Gasteiger partial charge in [0.2, 0.25) is 0 Å². The Kier molecular flexibility index (Phi) is 7.39. The Labute approximate surface area is 121 Å². The molecule has 0 atom stereocenters. The van der Waals surface area contributed by atoms with Crippen molar-refractivity contribution in [2.45, 2.75) is 53.5 Å². The van der Waals surface area contributed by atoms with Crippen LogP contribution in [0.25, 0.3) is 0 Å². The van der Waals surface area contributed by atoms with Gasteiger partial charge < -0.3 is 20.1 Å². The summed E-state index contributed by atoms with van der Waals surface area (Å²) in [4.78, 5) is 22.6. The fraction of sp³-hybridized carbons (Fsp3) is 0.857. The largest absolute Gasteiger partial charge is 0.449 e. The predicted octanol–water partition coefficient (Wildman–Crippen LogP) is 2.67. The third-order valence-electron chi connectivity index (χ3n) is 1.94. The van der Waals surface area contributed by atoms with Crippen molar-refractivity contribution in [3.63, 3.8) is 0 Å². The minimum atomic E-state index is -0.451. The predicted molar refractivity (Wildman–Crippen MR) is 77.7 cm³/mol. The van der Waals surface area contributed by atoms with Crippen LogP contribution in [0.3, 0.4) is 0 Å². The highest BCUT2D eigenvalue weighted by Crippen LogP contribution is 2.12. The summed E-state index contributed by atoms with van der Waals surface area (Å²) < 4.78 is 10.0. The second kappa shape index (κ2) is 7.97. The van der Waals surface area contributed by atoms with Crippen molar-refractivity contribution in [3.8, 4) is 0 Å². The minimum absolute atomic E-state index is 0.0501. The Morgan fingerprint density at radius 3 is 2.05 bits per heavy atom. The van der Waals surface area contributed by atoms with Crippen LogP contribution >= 0.6 is 0 Å². The number of ether oxygens (including phenoxy) is 2. The lowest BCUT2D eigenvalue weighted by atomic mass is 9.99. The highest BCUT2D eigenvalue weighted by atomic mass is 16.6. The van der Waals surface area contributed by atoms with Crippen LogP contribution in [0, 0.1) is 5.41 Å². The number of carbonyl (C=O) groups is 2. The molecule has 6 nitrogen and oxygen atoms in total. The van der Waals surface area contributed by atoms with Gasteiger partial charge in [0.15, 0.2) is 0 Å². The molecule has 0 bridgehead atoms. The molecule has 2 N–H and O–H groups in total. The number of rotatable bonds is 5. The summed E-state index contributed by atoms with van der Waals surface area (Å²) in [6.45, 7) is 12.6. The van der Waals surface area contributed by atoms with Gasteiger partial charge >= 0.3 is 12.2 Å². The smallest absolute Gasteiger partial charge is 0.407 e. The van der Waals surface area contributed by atoms with Crippen LogP contribution in [0.5, 0.6) is 0 Å². The number of hydrogen-bond acceptors (Lipinski definition) is 4. The van der Waals surface area contributed by atoms with Crippen LogP contribution in [0.15, 0.2) is 0 Å². The van der Waals surface area contributed by atoms with Gasteiger partial charge in [-0.3, -0.25) is 0 Å². The normalized spacial score (nSPS) is 11.7. The van der Waals surface area contributed by atoms with Crippen molar-refractivity contribution >= 4 is 12.2 Å². The molecule has 6 heteroatoms. The molecule has 0 aromatic carbocycles. The zero-order valence-electron chi connectivity index (χ0n) is 13.5. The summed E-state index contributed by atoms with van der Waals surface area (Å²) in [6.07, 6.45) is -0.353. The topological polar surface area (TPSA) is 76.7 Å². The van der Waals surface area contributed by atoms with E-state index in [1.54, 1.807) is 0 Å². The van der Waals surface area contributed by atoms with Crippen molar-refractivity contribution in [2.75, 3.05) is 19.8 Å². The van der Waals surface area contributed by atoms with Crippen LogP contribution < -0.4 is 10.6 Å². The average molecular weight is 288 g/mol. The molecule has 0 spiro atoms. The van der Waals surface area contributed by atoms with Crippen LogP contribution in [-0.2, 0) is 9.47 Å². The highest BCUT2D eigenvalue weighted by Gasteiger charge is 2.15. The van der Waals surface area contributed by atoms with Gasteiger partial charge in [-0.2, -0.15) is 0 Å². The first-order chi connectivity index (χ1) is 8.99. The van der Waals surface area contributed by atoms with Gasteiger partial charge in [0, 0.05) is 12.1 Å². The van der Waals surface area contributed by atoms with Crippen molar-refractivity contribution in [1.29, 1.82) is 0 Å². The van der Waals surface area contributed by atoms with E-state index in [1.807, 2.05) is 41.5 Å². The van der Waals surface area contributed by atoms with E-state index >= 15 is 0 Å². The van der Waals surface area contributed by atoms with E-state index in [-0.39, 0.29) is 17.6 Å². The number of hydrogen-bond donors (Lipinski definition) is 2. The van der Waals surface area contributed by atoms with Gasteiger partial charge in [0.05, 0.1) is 13.2 Å². The summed E-state index contributed by atoms with van der Waals surface area (Å²) in [6, 6.07) is 0. The summed E-state index contributed by atoms with van der Waals surface area (Å²) in [5, 5.41) is 5.29. The molecule has 2 amide bonds. The Bertz CT molecular complexity index is 316. The molecule has 0 saturated heterocycles. The van der Waals surface area contributed by atoms with Crippen LogP contribution in [0.2, 0.25) is 0 Å². The molecule has 20 heavy (non-hydrogen) atoms. The van der Waals surface area contributed by atoms with E-state index < -0.39 is 12.2 Å². The second-order valence-corrected chi connectivity index (χ2v) is 6.93. The Morgan fingerprint density at radius 2 is 1.55 bits per heavy atom. The highest BCUT2D eigenvalue weighted by molar-refractivity contribution is 5.68. The molecular formula is C14H28N2O4. The molecule has 0 fully saturated rings. The maximum Gasteiger partial charge on any atom is 0.407 e. The Balaban J connectivity index is 3.58. The van der Waals surface area contributed by atoms with Crippen molar-refractivity contribution in [2.24, 2.45) is 5.41 Å². The van der Waals surface area contributed by atoms with Crippen molar-refractivity contribution in [3.05, 3.63) is 0 Å². The van der Waals surface area contributed by atoms with Gasteiger partial charge in [0.1, 0.15) is 0 Å². The molecule has 0 rings (SSSR count). The third kappa shape index (κ3) is 13.0. The standard InChI is InChI=1S/C14H28N2O4/c1-13(2,3)10-20-11(17)15-8-7-9-19-12(18)16-14(4,5)6/h7-10H2,1-6H3,(H,15,17)(H,16,18). The first-order valence-corrected chi connectivity index (χ1v) is 6.85. The van der Waals surface area contributed by atoms with Gasteiger partial charge in [0.25, 0.3) is 0 Å². The van der Waals surface area contributed by atoms with Gasteiger partial charge in [-0.15, -0.1) is 0 Å². The van der Waals surface area contributed by atoms with E-state index in [0.29, 0.717) is 19.6 Å². The zero-order chi connectivity index (χ0) is 15.8. The third-order valence-corrected chi connectivity index (χ3v) is 1.94. The number of alkyl carbamates (subject to hydrolysis) is 2. The molecule has 118 valence electrons. The maximum atomic E-state index is 11.3. The first kappa shape index (κ1) is 18.5. The number of amides is 2. The molecule has 0 aromatic rings. The minimum Gasteiger partial charge on any atom is -0.449 e. The van der Waals surface area contributed by atoms with E-state index in [2.05, 4.69) is 10.6 Å². The van der Waals surface area contributed by atoms with Crippen LogP contribution in [0.1, 0.15) is 48.0 Å².